The normalized spacial score (nSPS) is 38.7. The van der Waals surface area contributed by atoms with Gasteiger partial charge in [0.2, 0.25) is 5.91 Å². The number of rotatable bonds is 4. The molecule has 0 aliphatic heterocycles. The molecule has 3 rings (SSSR count). The highest BCUT2D eigenvalue weighted by atomic mass is 16.1. The van der Waals surface area contributed by atoms with Crippen molar-refractivity contribution in [1.82, 2.24) is 5.32 Å². The number of nitrogens with two attached hydrogens (primary N) is 1. The van der Waals surface area contributed by atoms with Gasteiger partial charge in [0, 0.05) is 18.5 Å². The largest absolute Gasteiger partial charge is 0.353 e. The van der Waals surface area contributed by atoms with Crippen LogP contribution in [-0.2, 0) is 4.79 Å². The van der Waals surface area contributed by atoms with Crippen LogP contribution in [0.3, 0.4) is 0 Å². The summed E-state index contributed by atoms with van der Waals surface area (Å²) in [6, 6.07) is 0.580. The zero-order valence-corrected chi connectivity index (χ0v) is 9.82. The Labute approximate surface area is 97.2 Å². The van der Waals surface area contributed by atoms with Gasteiger partial charge in [-0.3, -0.25) is 4.79 Å². The second-order valence-electron chi connectivity index (χ2n) is 6.05. The smallest absolute Gasteiger partial charge is 0.221 e. The van der Waals surface area contributed by atoms with Gasteiger partial charge in [-0.1, -0.05) is 6.42 Å². The molecule has 4 atom stereocenters. The van der Waals surface area contributed by atoms with Crippen LogP contribution in [0.25, 0.3) is 0 Å². The average molecular weight is 222 g/mol. The number of nitrogens with one attached hydrogen (secondary N) is 1. The molecule has 90 valence electrons. The SMILES string of the molecule is NC(CC(=O)NC1CC2CCC1C2)C1CC1. The third-order valence-electron chi connectivity index (χ3n) is 4.73. The van der Waals surface area contributed by atoms with E-state index in [1.807, 2.05) is 0 Å². The molecule has 0 radical (unpaired) electrons. The van der Waals surface area contributed by atoms with Gasteiger partial charge >= 0.3 is 0 Å². The van der Waals surface area contributed by atoms with Crippen molar-refractivity contribution in [2.45, 2.75) is 57.0 Å². The zero-order valence-electron chi connectivity index (χ0n) is 9.82. The number of hydrogen-bond acceptors (Lipinski definition) is 2. The maximum absolute atomic E-state index is 11.8. The van der Waals surface area contributed by atoms with E-state index in [1.54, 1.807) is 0 Å². The van der Waals surface area contributed by atoms with Crippen molar-refractivity contribution in [1.29, 1.82) is 0 Å². The molecule has 0 spiro atoms. The molecule has 3 aliphatic rings. The highest BCUT2D eigenvalue weighted by molar-refractivity contribution is 5.77. The molecular formula is C13H22N2O. The summed E-state index contributed by atoms with van der Waals surface area (Å²) in [7, 11) is 0. The Morgan fingerprint density at radius 2 is 2.06 bits per heavy atom. The van der Waals surface area contributed by atoms with E-state index in [2.05, 4.69) is 5.32 Å². The molecular weight excluding hydrogens is 200 g/mol. The van der Waals surface area contributed by atoms with Gasteiger partial charge in [0.25, 0.3) is 0 Å². The van der Waals surface area contributed by atoms with Crippen LogP contribution in [0.4, 0.5) is 0 Å². The molecule has 3 aliphatic carbocycles. The van der Waals surface area contributed by atoms with Crippen molar-refractivity contribution in [3.05, 3.63) is 0 Å². The molecule has 3 fully saturated rings. The molecule has 16 heavy (non-hydrogen) atoms. The predicted molar refractivity (Wildman–Crippen MR) is 62.7 cm³/mol. The topological polar surface area (TPSA) is 55.1 Å². The average Bonchev–Trinajstić information content (AvgIpc) is 2.91. The Bertz CT molecular complexity index is 288. The Hall–Kier alpha value is -0.570. The second-order valence-corrected chi connectivity index (χ2v) is 6.05. The summed E-state index contributed by atoms with van der Waals surface area (Å²) >= 11 is 0. The van der Waals surface area contributed by atoms with Crippen LogP contribution < -0.4 is 11.1 Å². The number of fused-ring (bicyclic) bond motifs is 2. The fourth-order valence-corrected chi connectivity index (χ4v) is 3.59. The van der Waals surface area contributed by atoms with Gasteiger partial charge < -0.3 is 11.1 Å². The fourth-order valence-electron chi connectivity index (χ4n) is 3.59. The van der Waals surface area contributed by atoms with Crippen LogP contribution in [0.1, 0.15) is 44.9 Å². The van der Waals surface area contributed by atoms with Crippen LogP contribution in [-0.4, -0.2) is 18.0 Å². The van der Waals surface area contributed by atoms with Gasteiger partial charge in [-0.05, 0) is 49.9 Å². The van der Waals surface area contributed by atoms with Crippen molar-refractivity contribution in [3.8, 4) is 0 Å². The highest BCUT2D eigenvalue weighted by Gasteiger charge is 2.40. The van der Waals surface area contributed by atoms with Crippen LogP contribution >= 0.6 is 0 Å². The van der Waals surface area contributed by atoms with Crippen molar-refractivity contribution in [2.24, 2.45) is 23.5 Å². The molecule has 3 saturated carbocycles. The summed E-state index contributed by atoms with van der Waals surface area (Å²) in [6.07, 6.45) is 8.27. The summed E-state index contributed by atoms with van der Waals surface area (Å²) in [5, 5.41) is 3.20. The molecule has 0 aromatic heterocycles. The third kappa shape index (κ3) is 2.10. The van der Waals surface area contributed by atoms with Crippen LogP contribution in [0.2, 0.25) is 0 Å². The number of carbonyl (C=O) groups excluding carboxylic acids is 1. The molecule has 0 heterocycles. The lowest BCUT2D eigenvalue weighted by molar-refractivity contribution is -0.122. The summed E-state index contributed by atoms with van der Waals surface area (Å²) in [5.41, 5.74) is 5.97. The Kier molecular flexibility index (Phi) is 2.66. The van der Waals surface area contributed by atoms with Gasteiger partial charge in [-0.25, -0.2) is 0 Å². The predicted octanol–water partition coefficient (Wildman–Crippen LogP) is 1.42. The summed E-state index contributed by atoms with van der Waals surface area (Å²) in [5.74, 6) is 2.49. The molecule has 2 bridgehead atoms. The highest BCUT2D eigenvalue weighted by Crippen LogP contribution is 2.44. The molecule has 3 heteroatoms. The first-order chi connectivity index (χ1) is 7.72. The fraction of sp³-hybridized carbons (Fsp3) is 0.923. The first-order valence-corrected chi connectivity index (χ1v) is 6.77. The number of hydrogen-bond donors (Lipinski definition) is 2. The van der Waals surface area contributed by atoms with Crippen molar-refractivity contribution in [2.75, 3.05) is 0 Å². The maximum Gasteiger partial charge on any atom is 0.221 e. The van der Waals surface area contributed by atoms with E-state index in [1.165, 1.54) is 38.5 Å². The van der Waals surface area contributed by atoms with Crippen molar-refractivity contribution < 1.29 is 4.79 Å². The van der Waals surface area contributed by atoms with Crippen molar-refractivity contribution >= 4 is 5.91 Å². The van der Waals surface area contributed by atoms with Crippen LogP contribution in [0.15, 0.2) is 0 Å². The lowest BCUT2D eigenvalue weighted by Crippen LogP contribution is -2.41. The summed E-state index contributed by atoms with van der Waals surface area (Å²) < 4.78 is 0. The van der Waals surface area contributed by atoms with Crippen LogP contribution in [0.5, 0.6) is 0 Å². The van der Waals surface area contributed by atoms with E-state index in [0.717, 1.165) is 11.8 Å². The Balaban J connectivity index is 1.45. The molecule has 1 amide bonds. The quantitative estimate of drug-likeness (QED) is 0.756. The van der Waals surface area contributed by atoms with Gasteiger partial charge in [-0.15, -0.1) is 0 Å². The molecule has 3 nitrogen and oxygen atoms in total. The Morgan fingerprint density at radius 1 is 1.25 bits per heavy atom. The van der Waals surface area contributed by atoms with Gasteiger partial charge in [0.1, 0.15) is 0 Å². The van der Waals surface area contributed by atoms with E-state index in [9.17, 15) is 4.79 Å². The lowest BCUT2D eigenvalue weighted by atomic mass is 9.95. The number of carbonyl (C=O) groups is 1. The van der Waals surface area contributed by atoms with Gasteiger partial charge in [0.05, 0.1) is 0 Å². The lowest BCUT2D eigenvalue weighted by Gasteiger charge is -2.23. The van der Waals surface area contributed by atoms with Crippen molar-refractivity contribution in [3.63, 3.8) is 0 Å². The first-order valence-electron chi connectivity index (χ1n) is 6.77. The molecule has 0 saturated heterocycles. The van der Waals surface area contributed by atoms with E-state index in [-0.39, 0.29) is 11.9 Å². The third-order valence-corrected chi connectivity index (χ3v) is 4.73. The zero-order chi connectivity index (χ0) is 11.1. The molecule has 3 N–H and O–H groups in total. The van der Waals surface area contributed by atoms with E-state index < -0.39 is 0 Å². The summed E-state index contributed by atoms with van der Waals surface area (Å²) in [6.45, 7) is 0. The standard InChI is InChI=1S/C13H22N2O/c14-11(9-3-4-9)7-13(16)15-12-6-8-1-2-10(12)5-8/h8-12H,1-7,14H2,(H,15,16). The molecule has 0 aromatic carbocycles. The Morgan fingerprint density at radius 3 is 2.62 bits per heavy atom. The van der Waals surface area contributed by atoms with E-state index >= 15 is 0 Å². The molecule has 4 unspecified atom stereocenters. The first kappa shape index (κ1) is 10.6. The van der Waals surface area contributed by atoms with Crippen LogP contribution in [0, 0.1) is 17.8 Å². The minimum Gasteiger partial charge on any atom is -0.353 e. The maximum atomic E-state index is 11.8. The second kappa shape index (κ2) is 4.02. The molecule has 0 aromatic rings. The minimum absolute atomic E-state index is 0.110. The van der Waals surface area contributed by atoms with Gasteiger partial charge in [-0.2, -0.15) is 0 Å². The number of amides is 1. The summed E-state index contributed by atoms with van der Waals surface area (Å²) in [4.78, 5) is 11.8. The van der Waals surface area contributed by atoms with E-state index in [0.29, 0.717) is 18.4 Å². The monoisotopic (exact) mass is 222 g/mol. The van der Waals surface area contributed by atoms with E-state index in [4.69, 9.17) is 5.73 Å². The minimum atomic E-state index is 0.110. The van der Waals surface area contributed by atoms with Gasteiger partial charge in [0.15, 0.2) is 0 Å².